The van der Waals surface area contributed by atoms with Crippen LogP contribution in [0.25, 0.3) is 0 Å². The molecule has 170 valence electrons. The van der Waals surface area contributed by atoms with Gasteiger partial charge < -0.3 is 19.7 Å². The molecule has 2 fully saturated rings. The second-order valence-corrected chi connectivity index (χ2v) is 10.0. The van der Waals surface area contributed by atoms with Crippen LogP contribution >= 0.6 is 22.9 Å². The number of aryl methyl sites for hydroxylation is 1. The smallest absolute Gasteiger partial charge is 0.122 e. The van der Waals surface area contributed by atoms with E-state index < -0.39 is 6.10 Å². The summed E-state index contributed by atoms with van der Waals surface area (Å²) in [6.45, 7) is 2.64. The van der Waals surface area contributed by atoms with Crippen molar-refractivity contribution in [2.45, 2.75) is 76.8 Å². The van der Waals surface area contributed by atoms with E-state index in [1.807, 2.05) is 23.6 Å². The summed E-state index contributed by atoms with van der Waals surface area (Å²) in [5, 5.41) is 23.6. The van der Waals surface area contributed by atoms with Crippen LogP contribution in [-0.4, -0.2) is 34.0 Å². The molecule has 5 nitrogen and oxygen atoms in total. The summed E-state index contributed by atoms with van der Waals surface area (Å²) in [5.74, 6) is 1.18. The monoisotopic (exact) mass is 465 g/mol. The van der Waals surface area contributed by atoms with E-state index in [9.17, 15) is 10.2 Å². The molecule has 1 aliphatic heterocycles. The van der Waals surface area contributed by atoms with Crippen LogP contribution in [0.4, 0.5) is 0 Å². The molecule has 0 unspecified atom stereocenters. The Balaban J connectivity index is 1.34. The molecule has 2 aromatic rings. The molecule has 4 rings (SSSR count). The number of thiazole rings is 1. The summed E-state index contributed by atoms with van der Waals surface area (Å²) in [4.78, 5) is 4.47. The van der Waals surface area contributed by atoms with Crippen molar-refractivity contribution >= 4 is 22.9 Å². The van der Waals surface area contributed by atoms with Gasteiger partial charge in [-0.3, -0.25) is 0 Å². The maximum atomic E-state index is 10.7. The largest absolute Gasteiger partial charge is 0.493 e. The van der Waals surface area contributed by atoms with Crippen molar-refractivity contribution in [1.82, 2.24) is 4.98 Å². The third-order valence-electron chi connectivity index (χ3n) is 6.61. The van der Waals surface area contributed by atoms with Crippen molar-refractivity contribution in [2.75, 3.05) is 6.61 Å². The lowest BCUT2D eigenvalue weighted by molar-refractivity contribution is -0.0812. The first kappa shape index (κ1) is 23.0. The first-order valence-corrected chi connectivity index (χ1v) is 12.6. The highest BCUT2D eigenvalue weighted by Crippen LogP contribution is 2.46. The van der Waals surface area contributed by atoms with Gasteiger partial charge >= 0.3 is 0 Å². The molecule has 1 aliphatic carbocycles. The normalized spacial score (nSPS) is 27.9. The lowest BCUT2D eigenvalue weighted by atomic mass is 9.87. The number of halogens is 1. The van der Waals surface area contributed by atoms with E-state index in [0.29, 0.717) is 24.6 Å². The van der Waals surface area contributed by atoms with Crippen LogP contribution < -0.4 is 4.74 Å². The van der Waals surface area contributed by atoms with Gasteiger partial charge in [0.1, 0.15) is 16.9 Å². The van der Waals surface area contributed by atoms with Crippen molar-refractivity contribution in [1.29, 1.82) is 0 Å². The molecule has 2 aliphatic rings. The van der Waals surface area contributed by atoms with E-state index in [4.69, 9.17) is 21.1 Å². The minimum absolute atomic E-state index is 0.0265. The summed E-state index contributed by atoms with van der Waals surface area (Å²) in [7, 11) is 0. The van der Waals surface area contributed by atoms with E-state index in [-0.39, 0.29) is 24.7 Å². The Labute approximate surface area is 193 Å². The zero-order valence-corrected chi connectivity index (χ0v) is 19.6. The van der Waals surface area contributed by atoms with Crippen molar-refractivity contribution in [2.24, 2.45) is 11.8 Å². The SMILES string of the molecule is CCCCCc1cc(OC[C@@H]2[C@H]3CC[C@H](c4nc(CO)cs4)O[C@H]3C[C@@H]2O)ccc1Cl. The Morgan fingerprint density at radius 3 is 2.94 bits per heavy atom. The Kier molecular flexibility index (Phi) is 7.88. The molecule has 31 heavy (non-hydrogen) atoms. The van der Waals surface area contributed by atoms with Crippen LogP contribution in [0.1, 0.15) is 67.8 Å². The molecule has 1 saturated carbocycles. The van der Waals surface area contributed by atoms with Crippen molar-refractivity contribution in [3.05, 3.63) is 44.9 Å². The van der Waals surface area contributed by atoms with Gasteiger partial charge in [0.15, 0.2) is 0 Å². The van der Waals surface area contributed by atoms with Crippen LogP contribution in [0.15, 0.2) is 23.6 Å². The maximum absolute atomic E-state index is 10.7. The summed E-state index contributed by atoms with van der Waals surface area (Å²) in [5.41, 5.74) is 1.83. The molecule has 1 aromatic heterocycles. The number of aromatic nitrogens is 1. The molecule has 0 spiro atoms. The van der Waals surface area contributed by atoms with E-state index in [2.05, 4.69) is 11.9 Å². The molecule has 0 radical (unpaired) electrons. The first-order valence-electron chi connectivity index (χ1n) is 11.4. The highest BCUT2D eigenvalue weighted by Gasteiger charge is 2.47. The first-order chi connectivity index (χ1) is 15.1. The number of aliphatic hydroxyl groups is 2. The number of hydrogen-bond donors (Lipinski definition) is 2. The lowest BCUT2D eigenvalue weighted by Crippen LogP contribution is -2.33. The summed E-state index contributed by atoms with van der Waals surface area (Å²) in [6.07, 6.45) is 6.53. The summed E-state index contributed by atoms with van der Waals surface area (Å²) < 4.78 is 12.5. The van der Waals surface area contributed by atoms with Crippen molar-refractivity contribution in [3.63, 3.8) is 0 Å². The minimum Gasteiger partial charge on any atom is -0.493 e. The minimum atomic E-state index is -0.422. The average Bonchev–Trinajstić information content (AvgIpc) is 3.37. The van der Waals surface area contributed by atoms with Crippen molar-refractivity contribution < 1.29 is 19.7 Å². The fraction of sp³-hybridized carbons (Fsp3) is 0.625. The quantitative estimate of drug-likeness (QED) is 0.490. The highest BCUT2D eigenvalue weighted by atomic mass is 35.5. The van der Waals surface area contributed by atoms with E-state index in [1.54, 1.807) is 0 Å². The van der Waals surface area contributed by atoms with E-state index in [1.165, 1.54) is 24.2 Å². The number of nitrogens with zero attached hydrogens (tertiary/aromatic N) is 1. The van der Waals surface area contributed by atoms with E-state index >= 15 is 0 Å². The van der Waals surface area contributed by atoms with Gasteiger partial charge in [-0.25, -0.2) is 4.98 Å². The second-order valence-electron chi connectivity index (χ2n) is 8.73. The Morgan fingerprint density at radius 2 is 2.16 bits per heavy atom. The fourth-order valence-corrected chi connectivity index (χ4v) is 5.97. The van der Waals surface area contributed by atoms with E-state index in [0.717, 1.165) is 47.0 Å². The molecule has 5 atom stereocenters. The molecule has 7 heteroatoms. The molecule has 1 saturated heterocycles. The van der Waals surface area contributed by atoms with Gasteiger partial charge in [0.25, 0.3) is 0 Å². The van der Waals surface area contributed by atoms with Crippen LogP contribution in [0.3, 0.4) is 0 Å². The summed E-state index contributed by atoms with van der Waals surface area (Å²) in [6, 6.07) is 5.87. The molecule has 2 N–H and O–H groups in total. The Morgan fingerprint density at radius 1 is 1.29 bits per heavy atom. The van der Waals surface area contributed by atoms with Gasteiger partial charge in [0, 0.05) is 22.7 Å². The second kappa shape index (κ2) is 10.6. The molecule has 0 bridgehead atoms. The van der Waals surface area contributed by atoms with Gasteiger partial charge in [-0.05, 0) is 55.4 Å². The molecule has 1 aromatic carbocycles. The fourth-order valence-electron chi connectivity index (χ4n) is 4.88. The zero-order chi connectivity index (χ0) is 21.8. The maximum Gasteiger partial charge on any atom is 0.122 e. The van der Waals surface area contributed by atoms with Crippen LogP contribution in [-0.2, 0) is 17.8 Å². The standard InChI is InChI=1S/C24H32ClNO4S/c1-2-3-4-5-15-10-17(6-8-20(15)25)29-13-19-18-7-9-22(30-23(18)11-21(19)28)24-26-16(12-27)14-31-24/h6,8,10,14,18-19,21-23,27-28H,2-5,7,9,11-13H2,1H3/t18-,19-,21+,22-,23+/m1/s1. The van der Waals surface area contributed by atoms with Crippen LogP contribution in [0.5, 0.6) is 5.75 Å². The third-order valence-corrected chi connectivity index (χ3v) is 7.97. The molecule has 2 heterocycles. The number of benzene rings is 1. The van der Waals surface area contributed by atoms with Gasteiger partial charge in [-0.1, -0.05) is 31.4 Å². The molecular weight excluding hydrogens is 434 g/mol. The number of rotatable bonds is 9. The van der Waals surface area contributed by atoms with Gasteiger partial charge in [0.05, 0.1) is 31.1 Å². The predicted octanol–water partition coefficient (Wildman–Crippen LogP) is 5.32. The van der Waals surface area contributed by atoms with Gasteiger partial charge in [-0.2, -0.15) is 0 Å². The average molecular weight is 466 g/mol. The highest BCUT2D eigenvalue weighted by molar-refractivity contribution is 7.09. The number of aliphatic hydroxyl groups excluding tert-OH is 2. The van der Waals surface area contributed by atoms with Gasteiger partial charge in [-0.15, -0.1) is 11.3 Å². The number of hydrogen-bond acceptors (Lipinski definition) is 6. The van der Waals surface area contributed by atoms with Crippen molar-refractivity contribution in [3.8, 4) is 5.75 Å². The number of unbranched alkanes of at least 4 members (excludes halogenated alkanes) is 2. The summed E-state index contributed by atoms with van der Waals surface area (Å²) >= 11 is 7.90. The van der Waals surface area contributed by atoms with Crippen LogP contribution in [0.2, 0.25) is 5.02 Å². The van der Waals surface area contributed by atoms with Crippen LogP contribution in [0, 0.1) is 11.8 Å². The Bertz CT molecular complexity index is 860. The topological polar surface area (TPSA) is 71.8 Å². The lowest BCUT2D eigenvalue weighted by Gasteiger charge is -2.33. The number of ether oxygens (including phenoxy) is 2. The molecular formula is C24H32ClNO4S. The zero-order valence-electron chi connectivity index (χ0n) is 18.0. The third kappa shape index (κ3) is 5.42. The predicted molar refractivity (Wildman–Crippen MR) is 123 cm³/mol. The molecule has 0 amide bonds. The number of fused-ring (bicyclic) bond motifs is 1. The Hall–Kier alpha value is -1.18. The van der Waals surface area contributed by atoms with Gasteiger partial charge in [0.2, 0.25) is 0 Å².